The summed E-state index contributed by atoms with van der Waals surface area (Å²) >= 11 is 0. The highest BCUT2D eigenvalue weighted by molar-refractivity contribution is 5.83. The lowest BCUT2D eigenvalue weighted by atomic mass is 10.2. The van der Waals surface area contributed by atoms with Gasteiger partial charge in [0.25, 0.3) is 0 Å². The zero-order chi connectivity index (χ0) is 13.8. The molecule has 0 saturated carbocycles. The molecule has 1 heterocycles. The molecule has 0 aromatic heterocycles. The highest BCUT2D eigenvalue weighted by Gasteiger charge is 2.29. The van der Waals surface area contributed by atoms with Crippen LogP contribution in [-0.4, -0.2) is 53.6 Å². The van der Waals surface area contributed by atoms with Crippen LogP contribution in [0.25, 0.3) is 0 Å². The van der Waals surface area contributed by atoms with Gasteiger partial charge in [-0.3, -0.25) is 9.69 Å². The molecule has 104 valence electrons. The van der Waals surface area contributed by atoms with E-state index in [4.69, 9.17) is 4.74 Å². The second-order valence-corrected chi connectivity index (χ2v) is 5.64. The molecule has 1 rings (SSSR count). The molecule has 0 radical (unpaired) electrons. The number of ether oxygens (including phenoxy) is 1. The third-order valence-electron chi connectivity index (χ3n) is 2.75. The molecule has 1 aliphatic rings. The fraction of sp³-hybridized carbons (Fsp3) is 0.846. The van der Waals surface area contributed by atoms with Crippen molar-refractivity contribution >= 4 is 12.0 Å². The summed E-state index contributed by atoms with van der Waals surface area (Å²) in [6, 6.07) is 0. The van der Waals surface area contributed by atoms with Gasteiger partial charge >= 0.3 is 6.09 Å². The van der Waals surface area contributed by atoms with Crippen LogP contribution in [0.4, 0.5) is 4.79 Å². The minimum atomic E-state index is -0.514. The number of unbranched alkanes of at least 4 members (excludes halogenated alkanes) is 1. The summed E-state index contributed by atoms with van der Waals surface area (Å²) in [4.78, 5) is 27.0. The summed E-state index contributed by atoms with van der Waals surface area (Å²) in [7, 11) is 0. The predicted octanol–water partition coefficient (Wildman–Crippen LogP) is 1.87. The van der Waals surface area contributed by atoms with Gasteiger partial charge < -0.3 is 9.64 Å². The van der Waals surface area contributed by atoms with Gasteiger partial charge in [-0.25, -0.2) is 4.79 Å². The van der Waals surface area contributed by atoms with Crippen LogP contribution in [0.3, 0.4) is 0 Å². The number of nitrogens with zero attached hydrogens (tertiary/aromatic N) is 2. The Labute approximate surface area is 109 Å². The van der Waals surface area contributed by atoms with E-state index < -0.39 is 11.7 Å². The number of amides is 2. The monoisotopic (exact) mass is 256 g/mol. The first-order valence-corrected chi connectivity index (χ1v) is 6.59. The molecular weight excluding hydrogens is 232 g/mol. The van der Waals surface area contributed by atoms with Crippen LogP contribution >= 0.6 is 0 Å². The van der Waals surface area contributed by atoms with Crippen LogP contribution in [0.1, 0.15) is 40.5 Å². The lowest BCUT2D eigenvalue weighted by Crippen LogP contribution is -2.53. The average Bonchev–Trinajstić information content (AvgIpc) is 2.25. The smallest absolute Gasteiger partial charge is 0.410 e. The van der Waals surface area contributed by atoms with Crippen molar-refractivity contribution in [2.75, 3.05) is 26.2 Å². The molecule has 0 unspecified atom stereocenters. The molecule has 0 aromatic carbocycles. The largest absolute Gasteiger partial charge is 0.444 e. The highest BCUT2D eigenvalue weighted by atomic mass is 16.6. The van der Waals surface area contributed by atoms with Crippen molar-refractivity contribution in [1.82, 2.24) is 9.80 Å². The van der Waals surface area contributed by atoms with Gasteiger partial charge in [-0.2, -0.15) is 0 Å². The van der Waals surface area contributed by atoms with Crippen LogP contribution in [0.2, 0.25) is 0 Å². The number of carbonyl (C=O) groups excluding carboxylic acids is 2. The Morgan fingerprint density at radius 2 is 2.00 bits per heavy atom. The first-order valence-electron chi connectivity index (χ1n) is 6.59. The Balaban J connectivity index is 2.45. The summed E-state index contributed by atoms with van der Waals surface area (Å²) in [6.07, 6.45) is 1.68. The number of hydrogen-bond acceptors (Lipinski definition) is 3. The second-order valence-electron chi connectivity index (χ2n) is 5.64. The van der Waals surface area contributed by atoms with E-state index in [1.54, 1.807) is 0 Å². The van der Waals surface area contributed by atoms with E-state index in [1.165, 1.54) is 4.90 Å². The van der Waals surface area contributed by atoms with Crippen molar-refractivity contribution < 1.29 is 14.3 Å². The summed E-state index contributed by atoms with van der Waals surface area (Å²) in [5, 5.41) is 0. The summed E-state index contributed by atoms with van der Waals surface area (Å²) in [6.45, 7) is 9.67. The van der Waals surface area contributed by atoms with Crippen molar-refractivity contribution in [3.05, 3.63) is 0 Å². The topological polar surface area (TPSA) is 49.9 Å². The Morgan fingerprint density at radius 1 is 1.33 bits per heavy atom. The molecule has 5 nitrogen and oxygen atoms in total. The van der Waals surface area contributed by atoms with Gasteiger partial charge in [0.1, 0.15) is 12.1 Å². The third-order valence-corrected chi connectivity index (χ3v) is 2.75. The molecule has 5 heteroatoms. The Kier molecular flexibility index (Phi) is 4.99. The SMILES string of the molecule is CCCCN1CCN(C(=O)OC(C)(C)C)CC1=O. The van der Waals surface area contributed by atoms with E-state index in [0.29, 0.717) is 13.1 Å². The van der Waals surface area contributed by atoms with Crippen LogP contribution in [0, 0.1) is 0 Å². The maximum atomic E-state index is 11.9. The minimum Gasteiger partial charge on any atom is -0.444 e. The maximum absolute atomic E-state index is 11.9. The zero-order valence-electron chi connectivity index (χ0n) is 11.9. The number of piperazine rings is 1. The van der Waals surface area contributed by atoms with Crippen molar-refractivity contribution in [2.45, 2.75) is 46.1 Å². The van der Waals surface area contributed by atoms with Gasteiger partial charge in [-0.05, 0) is 27.2 Å². The molecule has 1 saturated heterocycles. The van der Waals surface area contributed by atoms with Gasteiger partial charge in [0.2, 0.25) is 5.91 Å². The fourth-order valence-corrected chi connectivity index (χ4v) is 1.78. The van der Waals surface area contributed by atoms with E-state index >= 15 is 0 Å². The van der Waals surface area contributed by atoms with Crippen molar-refractivity contribution in [2.24, 2.45) is 0 Å². The molecular formula is C13H24N2O3. The lowest BCUT2D eigenvalue weighted by molar-refractivity contribution is -0.135. The first-order chi connectivity index (χ1) is 8.33. The number of rotatable bonds is 3. The van der Waals surface area contributed by atoms with Crippen LogP contribution in [-0.2, 0) is 9.53 Å². The van der Waals surface area contributed by atoms with Gasteiger partial charge in [0.15, 0.2) is 0 Å². The summed E-state index contributed by atoms with van der Waals surface area (Å²) < 4.78 is 5.26. The number of carbonyl (C=O) groups is 2. The Hall–Kier alpha value is -1.26. The van der Waals surface area contributed by atoms with E-state index in [0.717, 1.165) is 19.4 Å². The van der Waals surface area contributed by atoms with E-state index in [-0.39, 0.29) is 12.5 Å². The molecule has 0 aromatic rings. The molecule has 0 spiro atoms. The molecule has 0 bridgehead atoms. The molecule has 0 atom stereocenters. The highest BCUT2D eigenvalue weighted by Crippen LogP contribution is 2.12. The normalized spacial score (nSPS) is 17.0. The molecule has 1 fully saturated rings. The van der Waals surface area contributed by atoms with Crippen LogP contribution in [0.5, 0.6) is 0 Å². The molecule has 1 aliphatic heterocycles. The molecule has 18 heavy (non-hydrogen) atoms. The third kappa shape index (κ3) is 4.55. The average molecular weight is 256 g/mol. The molecule has 2 amide bonds. The summed E-state index contributed by atoms with van der Waals surface area (Å²) in [5.41, 5.74) is -0.514. The maximum Gasteiger partial charge on any atom is 0.410 e. The molecule has 0 aliphatic carbocycles. The summed E-state index contributed by atoms with van der Waals surface area (Å²) in [5.74, 6) is 0.0144. The first kappa shape index (κ1) is 14.8. The van der Waals surface area contributed by atoms with Crippen LogP contribution < -0.4 is 0 Å². The predicted molar refractivity (Wildman–Crippen MR) is 69.3 cm³/mol. The minimum absolute atomic E-state index is 0.0144. The van der Waals surface area contributed by atoms with Gasteiger partial charge in [0.05, 0.1) is 0 Å². The van der Waals surface area contributed by atoms with Crippen LogP contribution in [0.15, 0.2) is 0 Å². The van der Waals surface area contributed by atoms with Crippen molar-refractivity contribution in [3.8, 4) is 0 Å². The van der Waals surface area contributed by atoms with Crippen molar-refractivity contribution in [1.29, 1.82) is 0 Å². The van der Waals surface area contributed by atoms with E-state index in [9.17, 15) is 9.59 Å². The standard InChI is InChI=1S/C13H24N2O3/c1-5-6-7-14-8-9-15(10-11(14)16)12(17)18-13(2,3)4/h5-10H2,1-4H3. The van der Waals surface area contributed by atoms with Gasteiger partial charge in [0, 0.05) is 19.6 Å². The van der Waals surface area contributed by atoms with Gasteiger partial charge in [-0.1, -0.05) is 13.3 Å². The number of hydrogen-bond donors (Lipinski definition) is 0. The Bertz CT molecular complexity index is 310. The van der Waals surface area contributed by atoms with Crippen molar-refractivity contribution in [3.63, 3.8) is 0 Å². The van der Waals surface area contributed by atoms with Gasteiger partial charge in [-0.15, -0.1) is 0 Å². The molecule has 0 N–H and O–H groups in total. The zero-order valence-corrected chi connectivity index (χ0v) is 11.9. The van der Waals surface area contributed by atoms with E-state index in [2.05, 4.69) is 6.92 Å². The Morgan fingerprint density at radius 3 is 2.50 bits per heavy atom. The fourth-order valence-electron chi connectivity index (χ4n) is 1.78. The van der Waals surface area contributed by atoms with E-state index in [1.807, 2.05) is 25.7 Å². The quantitative estimate of drug-likeness (QED) is 0.774. The lowest BCUT2D eigenvalue weighted by Gasteiger charge is -2.35. The second kappa shape index (κ2) is 6.07.